The molecule has 0 bridgehead atoms. The number of benzene rings is 1. The first-order chi connectivity index (χ1) is 8.16. The minimum Gasteiger partial charge on any atom is -0.485 e. The summed E-state index contributed by atoms with van der Waals surface area (Å²) in [5.41, 5.74) is 0.561. The van der Waals surface area contributed by atoms with Crippen LogP contribution in [0.15, 0.2) is 45.5 Å². The fourth-order valence-electron chi connectivity index (χ4n) is 1.45. The van der Waals surface area contributed by atoms with E-state index in [1.807, 2.05) is 12.1 Å². The van der Waals surface area contributed by atoms with Crippen molar-refractivity contribution in [3.8, 4) is 5.75 Å². The van der Waals surface area contributed by atoms with Gasteiger partial charge in [-0.2, -0.15) is 0 Å². The van der Waals surface area contributed by atoms with Crippen LogP contribution in [0.1, 0.15) is 23.0 Å². The minimum atomic E-state index is -0.0271. The topological polar surface area (TPSA) is 39.4 Å². The molecular formula is C13H11BrO3. The Labute approximate surface area is 108 Å². The van der Waals surface area contributed by atoms with E-state index in [-0.39, 0.29) is 5.78 Å². The number of rotatable bonds is 4. The van der Waals surface area contributed by atoms with Crippen LogP contribution in [0.25, 0.3) is 0 Å². The first kappa shape index (κ1) is 11.9. The van der Waals surface area contributed by atoms with Gasteiger partial charge in [-0.25, -0.2) is 0 Å². The van der Waals surface area contributed by atoms with E-state index >= 15 is 0 Å². The third kappa shape index (κ3) is 2.97. The minimum absolute atomic E-state index is 0.0271. The van der Waals surface area contributed by atoms with E-state index in [0.29, 0.717) is 17.9 Å². The molecule has 0 aliphatic heterocycles. The summed E-state index contributed by atoms with van der Waals surface area (Å²) in [6, 6.07) is 8.98. The fourth-order valence-corrected chi connectivity index (χ4v) is 1.81. The second kappa shape index (κ2) is 5.19. The monoisotopic (exact) mass is 294 g/mol. The van der Waals surface area contributed by atoms with Crippen LogP contribution in [0.4, 0.5) is 0 Å². The van der Waals surface area contributed by atoms with E-state index in [1.54, 1.807) is 24.5 Å². The van der Waals surface area contributed by atoms with Gasteiger partial charge in [0.25, 0.3) is 0 Å². The van der Waals surface area contributed by atoms with Crippen LogP contribution in [-0.4, -0.2) is 5.78 Å². The highest BCUT2D eigenvalue weighted by molar-refractivity contribution is 9.10. The average Bonchev–Trinajstić information content (AvgIpc) is 2.80. The van der Waals surface area contributed by atoms with Crippen molar-refractivity contribution in [3.05, 3.63) is 52.4 Å². The van der Waals surface area contributed by atoms with Crippen LogP contribution >= 0.6 is 15.9 Å². The number of carbonyl (C=O) groups excluding carboxylic acids is 1. The zero-order chi connectivity index (χ0) is 12.3. The van der Waals surface area contributed by atoms with Gasteiger partial charge in [-0.3, -0.25) is 4.79 Å². The molecule has 17 heavy (non-hydrogen) atoms. The molecule has 1 heterocycles. The molecule has 0 saturated carbocycles. The number of ether oxygens (including phenoxy) is 1. The van der Waals surface area contributed by atoms with E-state index in [1.165, 1.54) is 6.92 Å². The normalized spacial score (nSPS) is 10.2. The Balaban J connectivity index is 2.17. The lowest BCUT2D eigenvalue weighted by molar-refractivity contribution is 0.101. The van der Waals surface area contributed by atoms with Gasteiger partial charge in [-0.1, -0.05) is 15.9 Å². The molecule has 0 unspecified atom stereocenters. The van der Waals surface area contributed by atoms with E-state index in [2.05, 4.69) is 15.9 Å². The van der Waals surface area contributed by atoms with Crippen molar-refractivity contribution in [1.29, 1.82) is 0 Å². The van der Waals surface area contributed by atoms with Gasteiger partial charge in [0.1, 0.15) is 18.1 Å². The summed E-state index contributed by atoms with van der Waals surface area (Å²) in [7, 11) is 0. The molecule has 0 aliphatic carbocycles. The molecule has 2 aromatic rings. The molecule has 0 saturated heterocycles. The zero-order valence-corrected chi connectivity index (χ0v) is 10.9. The molecule has 0 spiro atoms. The lowest BCUT2D eigenvalue weighted by Gasteiger charge is -2.08. The van der Waals surface area contributed by atoms with Gasteiger partial charge < -0.3 is 9.15 Å². The second-order valence-electron chi connectivity index (χ2n) is 3.56. The highest BCUT2D eigenvalue weighted by Crippen LogP contribution is 2.24. The molecule has 2 rings (SSSR count). The van der Waals surface area contributed by atoms with Gasteiger partial charge in [-0.15, -0.1) is 0 Å². The first-order valence-electron chi connectivity index (χ1n) is 5.12. The molecule has 0 aliphatic rings. The predicted molar refractivity (Wildman–Crippen MR) is 67.2 cm³/mol. The van der Waals surface area contributed by atoms with Crippen molar-refractivity contribution in [2.45, 2.75) is 13.5 Å². The summed E-state index contributed by atoms with van der Waals surface area (Å²) in [5, 5.41) is 0. The Hall–Kier alpha value is -1.55. The maximum atomic E-state index is 11.5. The Morgan fingerprint density at radius 1 is 1.41 bits per heavy atom. The lowest BCUT2D eigenvalue weighted by atomic mass is 10.1. The third-order valence-corrected chi connectivity index (χ3v) is 2.76. The molecule has 0 N–H and O–H groups in total. The third-order valence-electron chi connectivity index (χ3n) is 2.27. The number of halogens is 1. The Morgan fingerprint density at radius 3 is 2.88 bits per heavy atom. The Morgan fingerprint density at radius 2 is 2.24 bits per heavy atom. The second-order valence-corrected chi connectivity index (χ2v) is 4.48. The number of Topliss-reactive ketones (excluding diaryl/α,β-unsaturated/α-hetero) is 1. The van der Waals surface area contributed by atoms with Gasteiger partial charge in [-0.05, 0) is 37.3 Å². The molecular weight excluding hydrogens is 284 g/mol. The molecule has 0 fully saturated rings. The summed E-state index contributed by atoms with van der Waals surface area (Å²) in [5.74, 6) is 1.26. The van der Waals surface area contributed by atoms with Gasteiger partial charge >= 0.3 is 0 Å². The number of hydrogen-bond acceptors (Lipinski definition) is 3. The molecule has 1 aromatic carbocycles. The van der Waals surface area contributed by atoms with Crippen LogP contribution < -0.4 is 4.74 Å². The molecule has 0 amide bonds. The zero-order valence-electron chi connectivity index (χ0n) is 9.27. The first-order valence-corrected chi connectivity index (χ1v) is 5.92. The van der Waals surface area contributed by atoms with Crippen molar-refractivity contribution < 1.29 is 13.9 Å². The van der Waals surface area contributed by atoms with Gasteiger partial charge in [0.2, 0.25) is 0 Å². The predicted octanol–water partition coefficient (Wildman–Crippen LogP) is 3.82. The fraction of sp³-hybridized carbons (Fsp3) is 0.154. The largest absolute Gasteiger partial charge is 0.485 e. The number of hydrogen-bond donors (Lipinski definition) is 0. The van der Waals surface area contributed by atoms with Crippen molar-refractivity contribution >= 4 is 21.7 Å². The lowest BCUT2D eigenvalue weighted by Crippen LogP contribution is -2.01. The molecule has 0 atom stereocenters. The van der Waals surface area contributed by atoms with Crippen molar-refractivity contribution in [2.75, 3.05) is 0 Å². The molecule has 0 radical (unpaired) electrons. The Kier molecular flexibility index (Phi) is 3.64. The SMILES string of the molecule is CC(=O)c1cc(Br)ccc1OCc1ccco1. The van der Waals surface area contributed by atoms with Gasteiger partial charge in [0, 0.05) is 4.47 Å². The summed E-state index contributed by atoms with van der Waals surface area (Å²) >= 11 is 3.33. The van der Waals surface area contributed by atoms with Gasteiger partial charge in [0.15, 0.2) is 5.78 Å². The molecule has 88 valence electrons. The van der Waals surface area contributed by atoms with Crippen LogP contribution in [0.2, 0.25) is 0 Å². The van der Waals surface area contributed by atoms with E-state index in [4.69, 9.17) is 9.15 Å². The molecule has 4 heteroatoms. The highest BCUT2D eigenvalue weighted by atomic mass is 79.9. The number of carbonyl (C=O) groups is 1. The standard InChI is InChI=1S/C13H11BrO3/c1-9(15)12-7-10(14)4-5-13(12)17-8-11-3-2-6-16-11/h2-7H,8H2,1H3. The summed E-state index contributed by atoms with van der Waals surface area (Å²) in [6.45, 7) is 1.83. The molecule has 1 aromatic heterocycles. The maximum absolute atomic E-state index is 11.5. The van der Waals surface area contributed by atoms with Crippen LogP contribution in [0, 0.1) is 0 Å². The van der Waals surface area contributed by atoms with E-state index in [0.717, 1.165) is 10.2 Å². The number of furan rings is 1. The van der Waals surface area contributed by atoms with Crippen LogP contribution in [0.5, 0.6) is 5.75 Å². The maximum Gasteiger partial charge on any atom is 0.163 e. The van der Waals surface area contributed by atoms with Gasteiger partial charge in [0.05, 0.1) is 11.8 Å². The van der Waals surface area contributed by atoms with E-state index in [9.17, 15) is 4.79 Å². The highest BCUT2D eigenvalue weighted by Gasteiger charge is 2.09. The quantitative estimate of drug-likeness (QED) is 0.805. The smallest absolute Gasteiger partial charge is 0.163 e. The average molecular weight is 295 g/mol. The van der Waals surface area contributed by atoms with Crippen LogP contribution in [-0.2, 0) is 6.61 Å². The molecule has 3 nitrogen and oxygen atoms in total. The van der Waals surface area contributed by atoms with Crippen LogP contribution in [0.3, 0.4) is 0 Å². The summed E-state index contributed by atoms with van der Waals surface area (Å²) in [6.07, 6.45) is 1.59. The van der Waals surface area contributed by atoms with Crippen molar-refractivity contribution in [3.63, 3.8) is 0 Å². The number of ketones is 1. The Bertz CT molecular complexity index is 517. The summed E-state index contributed by atoms with van der Waals surface area (Å²) in [4.78, 5) is 11.5. The van der Waals surface area contributed by atoms with Crippen molar-refractivity contribution in [2.24, 2.45) is 0 Å². The van der Waals surface area contributed by atoms with Crippen molar-refractivity contribution in [1.82, 2.24) is 0 Å². The van der Waals surface area contributed by atoms with E-state index < -0.39 is 0 Å². The summed E-state index contributed by atoms with van der Waals surface area (Å²) < 4.78 is 11.6.